The maximum Gasteiger partial charge on any atom is 0.227 e. The molecule has 1 atom stereocenters. The second-order valence-corrected chi connectivity index (χ2v) is 6.70. The number of hydrogen-bond donors (Lipinski definition) is 2. The smallest absolute Gasteiger partial charge is 0.227 e. The first-order chi connectivity index (χ1) is 11.5. The van der Waals surface area contributed by atoms with E-state index in [1.807, 2.05) is 23.1 Å². The van der Waals surface area contributed by atoms with Crippen LogP contribution >= 0.6 is 0 Å². The van der Waals surface area contributed by atoms with Gasteiger partial charge >= 0.3 is 0 Å². The third-order valence-corrected chi connectivity index (χ3v) is 4.64. The Labute approximate surface area is 145 Å². The summed E-state index contributed by atoms with van der Waals surface area (Å²) in [5.74, 6) is 1.55. The van der Waals surface area contributed by atoms with Crippen LogP contribution in [0.4, 0.5) is 5.69 Å². The van der Waals surface area contributed by atoms with Gasteiger partial charge in [0.05, 0.1) is 0 Å². The van der Waals surface area contributed by atoms with E-state index in [4.69, 9.17) is 0 Å². The van der Waals surface area contributed by atoms with E-state index in [9.17, 15) is 4.79 Å². The van der Waals surface area contributed by atoms with Crippen molar-refractivity contribution in [2.45, 2.75) is 46.1 Å². The van der Waals surface area contributed by atoms with Crippen LogP contribution in [0.15, 0.2) is 29.3 Å². The van der Waals surface area contributed by atoms with E-state index in [1.165, 1.54) is 5.56 Å². The molecule has 132 valence electrons. The highest BCUT2D eigenvalue weighted by Gasteiger charge is 2.23. The number of guanidine groups is 1. The summed E-state index contributed by atoms with van der Waals surface area (Å²) in [5, 5.41) is 6.65. The molecule has 1 aliphatic heterocycles. The van der Waals surface area contributed by atoms with Gasteiger partial charge in [-0.3, -0.25) is 9.79 Å². The Bertz CT molecular complexity index is 582. The van der Waals surface area contributed by atoms with Gasteiger partial charge < -0.3 is 15.5 Å². The largest absolute Gasteiger partial charge is 0.356 e. The van der Waals surface area contributed by atoms with Gasteiger partial charge in [0.15, 0.2) is 5.96 Å². The maximum atomic E-state index is 12.4. The number of benzene rings is 1. The molecular formula is C19H30N4O. The summed E-state index contributed by atoms with van der Waals surface area (Å²) < 4.78 is 0. The monoisotopic (exact) mass is 330 g/mol. The predicted octanol–water partition coefficient (Wildman–Crippen LogP) is 2.57. The topological polar surface area (TPSA) is 56.7 Å². The zero-order valence-corrected chi connectivity index (χ0v) is 15.3. The number of rotatable bonds is 6. The molecule has 0 saturated carbocycles. The minimum atomic E-state index is 0.209. The quantitative estimate of drug-likeness (QED) is 0.479. The number of para-hydroxylation sites is 1. The van der Waals surface area contributed by atoms with E-state index >= 15 is 0 Å². The summed E-state index contributed by atoms with van der Waals surface area (Å²) in [7, 11) is 1.77. The van der Waals surface area contributed by atoms with Crippen LogP contribution in [0, 0.1) is 5.92 Å². The van der Waals surface area contributed by atoms with Gasteiger partial charge in [-0.25, -0.2) is 0 Å². The molecule has 1 amide bonds. The molecule has 2 N–H and O–H groups in total. The second kappa shape index (κ2) is 8.71. The Hall–Kier alpha value is -2.04. The van der Waals surface area contributed by atoms with Crippen molar-refractivity contribution in [3.05, 3.63) is 29.8 Å². The average Bonchev–Trinajstić information content (AvgIpc) is 3.01. The molecule has 1 aromatic carbocycles. The zero-order chi connectivity index (χ0) is 17.5. The number of carbonyl (C=O) groups is 1. The molecule has 1 aromatic rings. The molecule has 0 aliphatic carbocycles. The van der Waals surface area contributed by atoms with Gasteiger partial charge in [-0.1, -0.05) is 32.0 Å². The lowest BCUT2D eigenvalue weighted by Gasteiger charge is -2.21. The van der Waals surface area contributed by atoms with Gasteiger partial charge in [0.2, 0.25) is 5.91 Å². The van der Waals surface area contributed by atoms with Crippen LogP contribution in [-0.2, 0) is 11.2 Å². The van der Waals surface area contributed by atoms with Gasteiger partial charge in [0.1, 0.15) is 0 Å². The normalized spacial score (nSPS) is 15.4. The summed E-state index contributed by atoms with van der Waals surface area (Å²) in [4.78, 5) is 18.6. The molecule has 0 saturated heterocycles. The molecule has 1 aliphatic rings. The average molecular weight is 330 g/mol. The Balaban J connectivity index is 1.74. The van der Waals surface area contributed by atoms with Crippen molar-refractivity contribution in [1.82, 2.24) is 10.6 Å². The number of nitrogens with zero attached hydrogens (tertiary/aromatic N) is 2. The van der Waals surface area contributed by atoms with Crippen molar-refractivity contribution in [3.63, 3.8) is 0 Å². The second-order valence-electron chi connectivity index (χ2n) is 6.70. The van der Waals surface area contributed by atoms with Crippen LogP contribution in [0.25, 0.3) is 0 Å². The zero-order valence-electron chi connectivity index (χ0n) is 15.3. The molecule has 0 aromatic heterocycles. The fraction of sp³-hybridized carbons (Fsp3) is 0.579. The van der Waals surface area contributed by atoms with Crippen LogP contribution in [0.2, 0.25) is 0 Å². The fourth-order valence-electron chi connectivity index (χ4n) is 2.76. The van der Waals surface area contributed by atoms with E-state index < -0.39 is 0 Å². The van der Waals surface area contributed by atoms with E-state index in [0.29, 0.717) is 18.4 Å². The Morgan fingerprint density at radius 3 is 2.75 bits per heavy atom. The predicted molar refractivity (Wildman–Crippen MR) is 101 cm³/mol. The van der Waals surface area contributed by atoms with Crippen LogP contribution < -0.4 is 15.5 Å². The first-order valence-electron chi connectivity index (χ1n) is 8.88. The van der Waals surface area contributed by atoms with Crippen LogP contribution in [0.3, 0.4) is 0 Å². The lowest BCUT2D eigenvalue weighted by molar-refractivity contribution is -0.118. The molecule has 1 heterocycles. The van der Waals surface area contributed by atoms with E-state index in [1.54, 1.807) is 7.05 Å². The molecule has 2 rings (SSSR count). The number of amides is 1. The van der Waals surface area contributed by atoms with Gasteiger partial charge in [-0.2, -0.15) is 0 Å². The number of nitrogens with one attached hydrogen (secondary N) is 2. The van der Waals surface area contributed by atoms with Crippen LogP contribution in [0.5, 0.6) is 0 Å². The molecule has 24 heavy (non-hydrogen) atoms. The molecule has 5 nitrogen and oxygen atoms in total. The van der Waals surface area contributed by atoms with Gasteiger partial charge in [-0.05, 0) is 37.3 Å². The number of aliphatic imine (C=N–C) groups is 1. The highest BCUT2D eigenvalue weighted by Crippen LogP contribution is 2.27. The maximum absolute atomic E-state index is 12.4. The summed E-state index contributed by atoms with van der Waals surface area (Å²) >= 11 is 0. The van der Waals surface area contributed by atoms with Crippen molar-refractivity contribution in [2.75, 3.05) is 25.0 Å². The van der Waals surface area contributed by atoms with Crippen LogP contribution in [0.1, 0.15) is 39.2 Å². The van der Waals surface area contributed by atoms with Crippen LogP contribution in [-0.4, -0.2) is 38.0 Å². The first kappa shape index (κ1) is 18.3. The van der Waals surface area contributed by atoms with Gasteiger partial charge in [-0.15, -0.1) is 0 Å². The highest BCUT2D eigenvalue weighted by molar-refractivity contribution is 5.95. The number of fused-ring (bicyclic) bond motifs is 1. The first-order valence-corrected chi connectivity index (χ1v) is 8.88. The summed E-state index contributed by atoms with van der Waals surface area (Å²) in [6, 6.07) is 8.54. The Morgan fingerprint density at radius 1 is 1.29 bits per heavy atom. The summed E-state index contributed by atoms with van der Waals surface area (Å²) in [5.41, 5.74) is 2.36. The molecule has 0 radical (unpaired) electrons. The lowest BCUT2D eigenvalue weighted by Crippen LogP contribution is -2.44. The minimum absolute atomic E-state index is 0.209. The molecular weight excluding hydrogens is 300 g/mol. The molecule has 0 spiro atoms. The van der Waals surface area contributed by atoms with E-state index in [2.05, 4.69) is 42.5 Å². The van der Waals surface area contributed by atoms with E-state index in [-0.39, 0.29) is 5.91 Å². The highest BCUT2D eigenvalue weighted by atomic mass is 16.2. The van der Waals surface area contributed by atoms with Crippen molar-refractivity contribution < 1.29 is 4.79 Å². The fourth-order valence-corrected chi connectivity index (χ4v) is 2.76. The number of hydrogen-bond acceptors (Lipinski definition) is 2. The Kier molecular flexibility index (Phi) is 6.64. The molecule has 5 heteroatoms. The molecule has 1 unspecified atom stereocenters. The standard InChI is InChI=1S/C19H30N4O/c1-14(2)15(3)22-19(20-4)21-12-7-10-18(24)23-13-11-16-8-5-6-9-17(16)23/h5-6,8-9,14-15H,7,10-13H2,1-4H3,(H2,20,21,22). The minimum Gasteiger partial charge on any atom is -0.356 e. The third-order valence-electron chi connectivity index (χ3n) is 4.64. The number of anilines is 1. The third kappa shape index (κ3) is 4.73. The van der Waals surface area contributed by atoms with Crippen molar-refractivity contribution >= 4 is 17.6 Å². The van der Waals surface area contributed by atoms with Crippen molar-refractivity contribution in [3.8, 4) is 0 Å². The molecule has 0 bridgehead atoms. The van der Waals surface area contributed by atoms with Gasteiger partial charge in [0.25, 0.3) is 0 Å². The van der Waals surface area contributed by atoms with E-state index in [0.717, 1.165) is 37.6 Å². The van der Waals surface area contributed by atoms with Gasteiger partial charge in [0, 0.05) is 38.3 Å². The molecule has 0 fully saturated rings. The SMILES string of the molecule is CN=C(NCCCC(=O)N1CCc2ccccc21)NC(C)C(C)C. The summed E-state index contributed by atoms with van der Waals surface area (Å²) in [6.07, 6.45) is 2.32. The lowest BCUT2D eigenvalue weighted by atomic mass is 10.1. The van der Waals surface area contributed by atoms with Crippen molar-refractivity contribution in [1.29, 1.82) is 0 Å². The number of carbonyl (C=O) groups excluding carboxylic acids is 1. The van der Waals surface area contributed by atoms with Crippen molar-refractivity contribution in [2.24, 2.45) is 10.9 Å². The Morgan fingerprint density at radius 2 is 2.04 bits per heavy atom. The summed E-state index contributed by atoms with van der Waals surface area (Å²) in [6.45, 7) is 8.05.